The van der Waals surface area contributed by atoms with E-state index in [-0.39, 0.29) is 11.7 Å². The van der Waals surface area contributed by atoms with E-state index in [0.29, 0.717) is 35.4 Å². The van der Waals surface area contributed by atoms with Gasteiger partial charge in [0.15, 0.2) is 5.82 Å². The second-order valence-electron chi connectivity index (χ2n) is 8.07. The molecule has 0 unspecified atom stereocenters. The Balaban J connectivity index is 1.28. The Morgan fingerprint density at radius 2 is 2.13 bits per heavy atom. The summed E-state index contributed by atoms with van der Waals surface area (Å²) in [5, 5.41) is 4.01. The van der Waals surface area contributed by atoms with Crippen molar-refractivity contribution in [3.05, 3.63) is 59.6 Å². The number of carbonyl (C=O) groups excluding carboxylic acids is 1. The van der Waals surface area contributed by atoms with Crippen molar-refractivity contribution in [2.45, 2.75) is 32.9 Å². The number of primary amides is 1. The van der Waals surface area contributed by atoms with E-state index in [2.05, 4.69) is 33.9 Å². The molecule has 1 aliphatic rings. The number of nitrogens with two attached hydrogens (primary N) is 1. The molecule has 1 fully saturated rings. The van der Waals surface area contributed by atoms with Crippen LogP contribution in [-0.4, -0.2) is 45.1 Å². The third-order valence-electron chi connectivity index (χ3n) is 4.95. The molecule has 0 bridgehead atoms. The Bertz CT molecular complexity index is 1060. The highest BCUT2D eigenvalue weighted by atomic mass is 19.1. The zero-order valence-corrected chi connectivity index (χ0v) is 17.4. The van der Waals surface area contributed by atoms with E-state index in [1.165, 1.54) is 12.1 Å². The maximum Gasteiger partial charge on any atom is 0.251 e. The molecule has 4 rings (SSSR count). The Morgan fingerprint density at radius 1 is 1.32 bits per heavy atom. The fourth-order valence-corrected chi connectivity index (χ4v) is 3.41. The van der Waals surface area contributed by atoms with Gasteiger partial charge < -0.3 is 15.0 Å². The summed E-state index contributed by atoms with van der Waals surface area (Å²) in [5.74, 6) is 1.02. The smallest absolute Gasteiger partial charge is 0.251 e. The van der Waals surface area contributed by atoms with Gasteiger partial charge in [-0.05, 0) is 30.2 Å². The summed E-state index contributed by atoms with van der Waals surface area (Å²) in [6, 6.07) is 7.76. The molecule has 1 aromatic carbocycles. The van der Waals surface area contributed by atoms with Gasteiger partial charge in [-0.2, -0.15) is 4.98 Å². The third kappa shape index (κ3) is 5.05. The number of ether oxygens (including phenoxy) is 1. The van der Waals surface area contributed by atoms with E-state index in [1.807, 2.05) is 0 Å². The highest BCUT2D eigenvalue weighted by Crippen LogP contribution is 2.24. The van der Waals surface area contributed by atoms with Crippen LogP contribution in [0.25, 0.3) is 11.3 Å². The molecule has 0 radical (unpaired) electrons. The lowest BCUT2D eigenvalue weighted by atomic mass is 10.1. The maximum atomic E-state index is 14.0. The van der Waals surface area contributed by atoms with Gasteiger partial charge in [0.2, 0.25) is 5.89 Å². The van der Waals surface area contributed by atoms with Crippen LogP contribution in [0.2, 0.25) is 0 Å². The molecule has 1 amide bonds. The number of carbonyl (C=O) groups is 1. The second-order valence-corrected chi connectivity index (χ2v) is 8.07. The van der Waals surface area contributed by atoms with Gasteiger partial charge in [0.05, 0.1) is 24.0 Å². The van der Waals surface area contributed by atoms with Gasteiger partial charge in [0.1, 0.15) is 17.7 Å². The minimum atomic E-state index is -0.801. The molecule has 0 atom stereocenters. The Morgan fingerprint density at radius 3 is 2.77 bits per heavy atom. The highest BCUT2D eigenvalue weighted by Gasteiger charge is 2.30. The molecule has 0 spiro atoms. The van der Waals surface area contributed by atoms with E-state index in [0.717, 1.165) is 25.3 Å². The molecule has 31 heavy (non-hydrogen) atoms. The molecule has 3 heterocycles. The number of likely N-dealkylation sites (tertiary alicyclic amines) is 1. The van der Waals surface area contributed by atoms with Gasteiger partial charge in [0, 0.05) is 25.1 Å². The number of nitrogens with zero attached hydrogens (tertiary/aromatic N) is 4. The molecule has 1 saturated heterocycles. The van der Waals surface area contributed by atoms with Crippen LogP contribution in [0, 0.1) is 11.7 Å². The quantitative estimate of drug-likeness (QED) is 0.591. The van der Waals surface area contributed by atoms with Crippen molar-refractivity contribution in [1.82, 2.24) is 20.0 Å². The zero-order chi connectivity index (χ0) is 22.0. The topological polar surface area (TPSA) is 107 Å². The van der Waals surface area contributed by atoms with Gasteiger partial charge >= 0.3 is 0 Å². The van der Waals surface area contributed by atoms with Crippen LogP contribution < -0.4 is 10.5 Å². The average Bonchev–Trinajstić information content (AvgIpc) is 3.12. The van der Waals surface area contributed by atoms with E-state index >= 15 is 0 Å². The first-order valence-corrected chi connectivity index (χ1v) is 10.1. The molecule has 2 aromatic heterocycles. The first-order chi connectivity index (χ1) is 14.9. The zero-order valence-electron chi connectivity index (χ0n) is 17.4. The third-order valence-corrected chi connectivity index (χ3v) is 4.95. The number of pyridine rings is 1. The number of aromatic nitrogens is 3. The van der Waals surface area contributed by atoms with Crippen molar-refractivity contribution in [3.63, 3.8) is 0 Å². The van der Waals surface area contributed by atoms with Crippen molar-refractivity contribution in [3.8, 4) is 17.0 Å². The number of rotatable bonds is 8. The number of halogens is 1. The van der Waals surface area contributed by atoms with E-state index in [4.69, 9.17) is 15.0 Å². The summed E-state index contributed by atoms with van der Waals surface area (Å²) in [6.07, 6.45) is 2.46. The van der Waals surface area contributed by atoms with Crippen LogP contribution in [0.4, 0.5) is 4.39 Å². The predicted octanol–water partition coefficient (Wildman–Crippen LogP) is 2.83. The maximum absolute atomic E-state index is 14.0. The molecular weight excluding hydrogens is 401 g/mol. The predicted molar refractivity (Wildman–Crippen MR) is 111 cm³/mol. The molecule has 9 heteroatoms. The summed E-state index contributed by atoms with van der Waals surface area (Å²) >= 11 is 0. The monoisotopic (exact) mass is 425 g/mol. The molecule has 8 nitrogen and oxygen atoms in total. The minimum absolute atomic E-state index is 0.0537. The number of hydrogen-bond acceptors (Lipinski definition) is 7. The molecule has 3 aromatic rings. The van der Waals surface area contributed by atoms with E-state index < -0.39 is 11.7 Å². The highest BCUT2D eigenvalue weighted by molar-refractivity contribution is 5.93. The lowest BCUT2D eigenvalue weighted by Crippen LogP contribution is -2.53. The van der Waals surface area contributed by atoms with E-state index in [9.17, 15) is 9.18 Å². The first-order valence-electron chi connectivity index (χ1n) is 10.1. The molecule has 2 N–H and O–H groups in total. The van der Waals surface area contributed by atoms with Gasteiger partial charge in [-0.3, -0.25) is 14.7 Å². The van der Waals surface area contributed by atoms with Gasteiger partial charge in [-0.1, -0.05) is 25.1 Å². The fourth-order valence-electron chi connectivity index (χ4n) is 3.41. The van der Waals surface area contributed by atoms with Crippen LogP contribution >= 0.6 is 0 Å². The van der Waals surface area contributed by atoms with Crippen LogP contribution in [0.1, 0.15) is 35.9 Å². The molecule has 1 aliphatic heterocycles. The summed E-state index contributed by atoms with van der Waals surface area (Å²) in [6.45, 7) is 6.35. The first kappa shape index (κ1) is 20.9. The van der Waals surface area contributed by atoms with Gasteiger partial charge in [-0.25, -0.2) is 4.39 Å². The van der Waals surface area contributed by atoms with Crippen molar-refractivity contribution in [2.75, 3.05) is 13.1 Å². The standard InChI is InChI=1S/C22H24FN5O3/c1-13(2)7-20-26-21(31-27-20)12-28-10-16(11-28)30-15-4-6-19(25-9-15)14-3-5-17(22(24)29)18(23)8-14/h3-6,8-9,13,16H,7,10-12H2,1-2H3,(H2,24,29). The summed E-state index contributed by atoms with van der Waals surface area (Å²) in [5.41, 5.74) is 6.12. The van der Waals surface area contributed by atoms with Gasteiger partial charge in [-0.15, -0.1) is 0 Å². The van der Waals surface area contributed by atoms with Crippen molar-refractivity contribution in [2.24, 2.45) is 11.7 Å². The van der Waals surface area contributed by atoms with Crippen LogP contribution in [0.3, 0.4) is 0 Å². The van der Waals surface area contributed by atoms with Crippen LogP contribution in [0.5, 0.6) is 5.75 Å². The molecule has 0 aliphatic carbocycles. The van der Waals surface area contributed by atoms with Crippen molar-refractivity contribution >= 4 is 5.91 Å². The SMILES string of the molecule is CC(C)Cc1noc(CN2CC(Oc3ccc(-c4ccc(C(N)=O)c(F)c4)nc3)C2)n1. The van der Waals surface area contributed by atoms with Crippen LogP contribution in [0.15, 0.2) is 41.1 Å². The van der Waals surface area contributed by atoms with Gasteiger partial charge in [0.25, 0.3) is 5.91 Å². The number of amides is 1. The Kier molecular flexibility index (Phi) is 5.94. The second kappa shape index (κ2) is 8.81. The van der Waals surface area contributed by atoms with Crippen molar-refractivity contribution in [1.29, 1.82) is 0 Å². The largest absolute Gasteiger partial charge is 0.486 e. The van der Waals surface area contributed by atoms with Crippen LogP contribution in [-0.2, 0) is 13.0 Å². The fraction of sp³-hybridized carbons (Fsp3) is 0.364. The lowest BCUT2D eigenvalue weighted by Gasteiger charge is -2.37. The normalized spacial score (nSPS) is 14.6. The summed E-state index contributed by atoms with van der Waals surface area (Å²) in [4.78, 5) is 22.1. The Labute approximate surface area is 179 Å². The minimum Gasteiger partial charge on any atom is -0.486 e. The average molecular weight is 425 g/mol. The molecule has 162 valence electrons. The van der Waals surface area contributed by atoms with E-state index in [1.54, 1.807) is 24.4 Å². The lowest BCUT2D eigenvalue weighted by molar-refractivity contribution is 0.00844. The summed E-state index contributed by atoms with van der Waals surface area (Å²) in [7, 11) is 0. The summed E-state index contributed by atoms with van der Waals surface area (Å²) < 4.78 is 25.2. The van der Waals surface area contributed by atoms with Crippen molar-refractivity contribution < 1.29 is 18.4 Å². The Hall–Kier alpha value is -3.33. The molecule has 0 saturated carbocycles. The molecular formula is C22H24FN5O3. The number of hydrogen-bond donors (Lipinski definition) is 1. The number of benzene rings is 1.